The van der Waals surface area contributed by atoms with Gasteiger partial charge in [-0.15, -0.1) is 0 Å². The van der Waals surface area contributed by atoms with Crippen LogP contribution in [0.15, 0.2) is 16.4 Å². The van der Waals surface area contributed by atoms with Gasteiger partial charge in [0.05, 0.1) is 12.8 Å². The topological polar surface area (TPSA) is 24.8 Å². The van der Waals surface area contributed by atoms with Crippen molar-refractivity contribution in [3.8, 4) is 0 Å². The van der Waals surface area contributed by atoms with Crippen LogP contribution < -0.4 is 0 Å². The first-order chi connectivity index (χ1) is 6.23. The van der Waals surface area contributed by atoms with E-state index in [0.29, 0.717) is 5.92 Å². The van der Waals surface area contributed by atoms with Crippen molar-refractivity contribution in [1.29, 1.82) is 0 Å². The summed E-state index contributed by atoms with van der Waals surface area (Å²) in [6.07, 6.45) is 3.13. The van der Waals surface area contributed by atoms with E-state index in [2.05, 4.69) is 24.0 Å². The van der Waals surface area contributed by atoms with E-state index in [1.807, 2.05) is 6.21 Å². The Hall–Kier alpha value is -0.990. The van der Waals surface area contributed by atoms with Gasteiger partial charge >= 0.3 is 0 Å². The molecule has 3 rings (SSSR count). The van der Waals surface area contributed by atoms with Gasteiger partial charge < -0.3 is 4.74 Å². The molecule has 3 aliphatic heterocycles. The molecule has 2 fully saturated rings. The zero-order valence-corrected chi connectivity index (χ0v) is 8.08. The molecule has 0 bridgehead atoms. The molecule has 0 aromatic rings. The maximum absolute atomic E-state index is 5.75. The van der Waals surface area contributed by atoms with Crippen molar-refractivity contribution in [2.45, 2.75) is 25.8 Å². The summed E-state index contributed by atoms with van der Waals surface area (Å²) in [5, 5.41) is 6.64. The average Bonchev–Trinajstić information content (AvgIpc) is 2.58. The van der Waals surface area contributed by atoms with Crippen molar-refractivity contribution in [1.82, 2.24) is 5.01 Å². The highest BCUT2D eigenvalue weighted by Crippen LogP contribution is 2.48. The van der Waals surface area contributed by atoms with E-state index in [4.69, 9.17) is 4.74 Å². The molecule has 3 heterocycles. The maximum Gasteiger partial charge on any atom is 0.128 e. The lowest BCUT2D eigenvalue weighted by Crippen LogP contribution is -2.43. The Kier molecular flexibility index (Phi) is 1.19. The molecular formula is C10H14N2O. The molecule has 0 saturated carbocycles. The summed E-state index contributed by atoms with van der Waals surface area (Å²) in [7, 11) is 0. The van der Waals surface area contributed by atoms with Crippen LogP contribution in [0.4, 0.5) is 0 Å². The third-order valence-electron chi connectivity index (χ3n) is 3.66. The Labute approximate surface area is 78.1 Å². The first kappa shape index (κ1) is 7.42. The zero-order chi connectivity index (χ0) is 9.05. The molecule has 70 valence electrons. The quantitative estimate of drug-likeness (QED) is 0.559. The number of nitrogens with zero attached hydrogens (tertiary/aromatic N) is 2. The van der Waals surface area contributed by atoms with Gasteiger partial charge in [-0.1, -0.05) is 0 Å². The van der Waals surface area contributed by atoms with Gasteiger partial charge in [0.25, 0.3) is 0 Å². The molecule has 0 aliphatic carbocycles. The molecule has 13 heavy (non-hydrogen) atoms. The van der Waals surface area contributed by atoms with E-state index in [9.17, 15) is 0 Å². The molecule has 2 atom stereocenters. The minimum Gasteiger partial charge on any atom is -0.495 e. The Morgan fingerprint density at radius 2 is 2.54 bits per heavy atom. The van der Waals surface area contributed by atoms with Gasteiger partial charge in [0, 0.05) is 18.0 Å². The summed E-state index contributed by atoms with van der Waals surface area (Å²) in [6.45, 7) is 6.30. The number of allylic oxidation sites excluding steroid dienone is 1. The molecule has 0 spiro atoms. The van der Waals surface area contributed by atoms with Crippen LogP contribution in [0.1, 0.15) is 20.3 Å². The van der Waals surface area contributed by atoms with Crippen molar-refractivity contribution in [3.63, 3.8) is 0 Å². The highest BCUT2D eigenvalue weighted by Gasteiger charge is 2.55. The lowest BCUT2D eigenvalue weighted by molar-refractivity contribution is 0.155. The fourth-order valence-electron chi connectivity index (χ4n) is 2.79. The second-order valence-electron chi connectivity index (χ2n) is 4.32. The molecule has 0 aromatic heterocycles. The van der Waals surface area contributed by atoms with Gasteiger partial charge in [0.2, 0.25) is 0 Å². The molecule has 0 aromatic carbocycles. The number of hydrogen-bond donors (Lipinski definition) is 0. The summed E-state index contributed by atoms with van der Waals surface area (Å²) in [5.74, 6) is 1.81. The van der Waals surface area contributed by atoms with E-state index >= 15 is 0 Å². The van der Waals surface area contributed by atoms with Crippen LogP contribution in [-0.2, 0) is 4.74 Å². The number of hydrazone groups is 1. The monoisotopic (exact) mass is 178 g/mol. The number of rotatable bonds is 0. The van der Waals surface area contributed by atoms with Crippen LogP contribution >= 0.6 is 0 Å². The molecule has 2 saturated heterocycles. The van der Waals surface area contributed by atoms with Crippen LogP contribution in [0.25, 0.3) is 0 Å². The van der Waals surface area contributed by atoms with Crippen LogP contribution in [0, 0.1) is 5.92 Å². The lowest BCUT2D eigenvalue weighted by atomic mass is 9.86. The summed E-state index contributed by atoms with van der Waals surface area (Å²) in [6, 6.07) is 0. The molecule has 3 heteroatoms. The molecule has 2 unspecified atom stereocenters. The smallest absolute Gasteiger partial charge is 0.128 e. The largest absolute Gasteiger partial charge is 0.495 e. The standard InChI is InChI=1S/C10H14N2O/c1-7-5-11-12-4-3-8-6-13-9(7)10(8,12)2/h5,8H,3-4,6H2,1-2H3. The predicted molar refractivity (Wildman–Crippen MR) is 50.4 cm³/mol. The maximum atomic E-state index is 5.75. The lowest BCUT2D eigenvalue weighted by Gasteiger charge is -2.35. The Morgan fingerprint density at radius 1 is 1.69 bits per heavy atom. The second kappa shape index (κ2) is 2.08. The zero-order valence-electron chi connectivity index (χ0n) is 8.08. The predicted octanol–water partition coefficient (Wildman–Crippen LogP) is 1.37. The highest BCUT2D eigenvalue weighted by molar-refractivity contribution is 5.80. The van der Waals surface area contributed by atoms with Crippen molar-refractivity contribution in [3.05, 3.63) is 11.3 Å². The Bertz CT molecular complexity index is 321. The first-order valence-corrected chi connectivity index (χ1v) is 4.88. The minimum absolute atomic E-state index is 0.0822. The fourth-order valence-corrected chi connectivity index (χ4v) is 2.79. The molecular weight excluding hydrogens is 164 g/mol. The molecule has 0 N–H and O–H groups in total. The number of hydrogen-bond acceptors (Lipinski definition) is 3. The van der Waals surface area contributed by atoms with Crippen molar-refractivity contribution < 1.29 is 4.74 Å². The third-order valence-corrected chi connectivity index (χ3v) is 3.66. The van der Waals surface area contributed by atoms with Gasteiger partial charge in [0.1, 0.15) is 11.3 Å². The highest BCUT2D eigenvalue weighted by atomic mass is 16.5. The summed E-state index contributed by atoms with van der Waals surface area (Å²) >= 11 is 0. The minimum atomic E-state index is 0.0822. The van der Waals surface area contributed by atoms with Gasteiger partial charge in [-0.05, 0) is 20.3 Å². The van der Waals surface area contributed by atoms with Gasteiger partial charge in [0.15, 0.2) is 0 Å². The second-order valence-corrected chi connectivity index (χ2v) is 4.32. The molecule has 3 nitrogen and oxygen atoms in total. The SMILES string of the molecule is CC1=C2OCC3CCN(N=C1)C23C. The Morgan fingerprint density at radius 3 is 3.38 bits per heavy atom. The molecule has 0 radical (unpaired) electrons. The van der Waals surface area contributed by atoms with Gasteiger partial charge in [-0.3, -0.25) is 5.01 Å². The van der Waals surface area contributed by atoms with Gasteiger partial charge in [-0.2, -0.15) is 5.10 Å². The van der Waals surface area contributed by atoms with E-state index in [1.54, 1.807) is 0 Å². The van der Waals surface area contributed by atoms with Crippen LogP contribution in [-0.4, -0.2) is 29.9 Å². The van der Waals surface area contributed by atoms with Crippen molar-refractivity contribution in [2.24, 2.45) is 11.0 Å². The number of ether oxygens (including phenoxy) is 1. The third kappa shape index (κ3) is 0.689. The Balaban J connectivity index is 2.18. The van der Waals surface area contributed by atoms with Crippen LogP contribution in [0.3, 0.4) is 0 Å². The van der Waals surface area contributed by atoms with Crippen LogP contribution in [0.2, 0.25) is 0 Å². The van der Waals surface area contributed by atoms with Crippen LogP contribution in [0.5, 0.6) is 0 Å². The summed E-state index contributed by atoms with van der Waals surface area (Å²) < 4.78 is 5.75. The first-order valence-electron chi connectivity index (χ1n) is 4.88. The van der Waals surface area contributed by atoms with Gasteiger partial charge in [-0.25, -0.2) is 0 Å². The van der Waals surface area contributed by atoms with E-state index in [1.165, 1.54) is 12.0 Å². The fraction of sp³-hybridized carbons (Fsp3) is 0.700. The van der Waals surface area contributed by atoms with E-state index < -0.39 is 0 Å². The van der Waals surface area contributed by atoms with Crippen molar-refractivity contribution in [2.75, 3.05) is 13.2 Å². The van der Waals surface area contributed by atoms with E-state index in [0.717, 1.165) is 18.9 Å². The normalized spacial score (nSPS) is 41.1. The summed E-state index contributed by atoms with van der Waals surface area (Å²) in [4.78, 5) is 0. The molecule has 3 aliphatic rings. The van der Waals surface area contributed by atoms with E-state index in [-0.39, 0.29) is 5.54 Å². The molecule has 0 amide bonds. The van der Waals surface area contributed by atoms with Crippen molar-refractivity contribution >= 4 is 6.21 Å². The average molecular weight is 178 g/mol. The summed E-state index contributed by atoms with van der Waals surface area (Å²) in [5.41, 5.74) is 1.28.